The van der Waals surface area contributed by atoms with Crippen molar-refractivity contribution in [1.29, 1.82) is 0 Å². The van der Waals surface area contributed by atoms with Gasteiger partial charge in [0.15, 0.2) is 11.5 Å². The van der Waals surface area contributed by atoms with Crippen molar-refractivity contribution in [3.05, 3.63) is 29.1 Å². The van der Waals surface area contributed by atoms with Gasteiger partial charge in [0.05, 0.1) is 12.0 Å². The van der Waals surface area contributed by atoms with Crippen LogP contribution in [0.2, 0.25) is 5.02 Å². The number of hydrogen-bond donors (Lipinski definition) is 1. The van der Waals surface area contributed by atoms with E-state index in [1.807, 2.05) is 6.07 Å². The van der Waals surface area contributed by atoms with Crippen LogP contribution in [0, 0.1) is 0 Å². The van der Waals surface area contributed by atoms with Gasteiger partial charge in [-0.15, -0.1) is 0 Å². The summed E-state index contributed by atoms with van der Waals surface area (Å²) in [6.45, 7) is 0. The van der Waals surface area contributed by atoms with Crippen LogP contribution in [0.15, 0.2) is 22.6 Å². The minimum absolute atomic E-state index is 0.499. The quantitative estimate of drug-likeness (QED) is 0.900. The molecule has 96 valence electrons. The van der Waals surface area contributed by atoms with Gasteiger partial charge < -0.3 is 9.52 Å². The predicted molar refractivity (Wildman–Crippen MR) is 70.8 cm³/mol. The van der Waals surface area contributed by atoms with Crippen molar-refractivity contribution in [3.8, 4) is 0 Å². The van der Waals surface area contributed by atoms with E-state index in [0.29, 0.717) is 17.3 Å². The van der Waals surface area contributed by atoms with Crippen LogP contribution >= 0.6 is 11.6 Å². The van der Waals surface area contributed by atoms with Crippen molar-refractivity contribution in [2.45, 2.75) is 44.1 Å². The van der Waals surface area contributed by atoms with Gasteiger partial charge in [0.2, 0.25) is 0 Å². The maximum Gasteiger partial charge on any atom is 0.198 e. The minimum atomic E-state index is -0.636. The van der Waals surface area contributed by atoms with Gasteiger partial charge in [0, 0.05) is 5.02 Å². The second kappa shape index (κ2) is 4.56. The lowest BCUT2D eigenvalue weighted by atomic mass is 9.82. The van der Waals surface area contributed by atoms with Gasteiger partial charge in [-0.3, -0.25) is 0 Å². The van der Waals surface area contributed by atoms with E-state index >= 15 is 0 Å². The van der Waals surface area contributed by atoms with Crippen LogP contribution in [0.4, 0.5) is 0 Å². The van der Waals surface area contributed by atoms with Gasteiger partial charge in [0.1, 0.15) is 5.52 Å². The molecule has 1 N–H and O–H groups in total. The van der Waals surface area contributed by atoms with E-state index in [-0.39, 0.29) is 0 Å². The standard InChI is InChI=1S/C14H16ClNO2/c15-10-4-5-12-11(8-10)16-13(18-12)9-14(17)6-2-1-3-7-14/h4-5,8,17H,1-3,6-7,9H2. The van der Waals surface area contributed by atoms with E-state index in [4.69, 9.17) is 16.0 Å². The van der Waals surface area contributed by atoms with E-state index in [9.17, 15) is 5.11 Å². The van der Waals surface area contributed by atoms with Gasteiger partial charge in [-0.25, -0.2) is 4.98 Å². The number of halogens is 1. The van der Waals surface area contributed by atoms with Gasteiger partial charge >= 0.3 is 0 Å². The van der Waals surface area contributed by atoms with Gasteiger partial charge in [-0.05, 0) is 31.0 Å². The molecule has 2 aromatic rings. The van der Waals surface area contributed by atoms with Crippen LogP contribution in [0.5, 0.6) is 0 Å². The maximum atomic E-state index is 10.5. The Morgan fingerprint density at radius 3 is 2.83 bits per heavy atom. The lowest BCUT2D eigenvalue weighted by molar-refractivity contribution is -0.000424. The highest BCUT2D eigenvalue weighted by molar-refractivity contribution is 6.31. The van der Waals surface area contributed by atoms with Crippen molar-refractivity contribution in [2.75, 3.05) is 0 Å². The second-order valence-corrected chi connectivity index (χ2v) is 5.62. The molecule has 1 fully saturated rings. The van der Waals surface area contributed by atoms with E-state index in [1.54, 1.807) is 12.1 Å². The summed E-state index contributed by atoms with van der Waals surface area (Å²) in [7, 11) is 0. The molecule has 18 heavy (non-hydrogen) atoms. The van der Waals surface area contributed by atoms with Crippen molar-refractivity contribution in [1.82, 2.24) is 4.98 Å². The minimum Gasteiger partial charge on any atom is -0.441 e. The van der Waals surface area contributed by atoms with Gasteiger partial charge in [0.25, 0.3) is 0 Å². The number of nitrogens with zero attached hydrogens (tertiary/aromatic N) is 1. The Balaban J connectivity index is 1.86. The maximum absolute atomic E-state index is 10.5. The summed E-state index contributed by atoms with van der Waals surface area (Å²) in [6, 6.07) is 5.39. The SMILES string of the molecule is OC1(Cc2nc3cc(Cl)ccc3o2)CCCCC1. The first-order valence-corrected chi connectivity index (χ1v) is 6.80. The molecule has 0 radical (unpaired) electrons. The molecule has 0 bridgehead atoms. The van der Waals surface area contributed by atoms with Crippen LogP contribution in [0.1, 0.15) is 38.0 Å². The van der Waals surface area contributed by atoms with E-state index < -0.39 is 5.60 Å². The molecule has 0 saturated heterocycles. The number of rotatable bonds is 2. The predicted octanol–water partition coefficient (Wildman–Crippen LogP) is 3.72. The average Bonchev–Trinajstić information content (AvgIpc) is 2.70. The van der Waals surface area contributed by atoms with Gasteiger partial charge in [-0.1, -0.05) is 30.9 Å². The van der Waals surface area contributed by atoms with Crippen LogP contribution < -0.4 is 0 Å². The molecule has 0 amide bonds. The van der Waals surface area contributed by atoms with Gasteiger partial charge in [-0.2, -0.15) is 0 Å². The zero-order chi connectivity index (χ0) is 12.6. The third-order valence-corrected chi connectivity index (χ3v) is 3.89. The van der Waals surface area contributed by atoms with Crippen molar-refractivity contribution < 1.29 is 9.52 Å². The summed E-state index contributed by atoms with van der Waals surface area (Å²) < 4.78 is 5.66. The fraction of sp³-hybridized carbons (Fsp3) is 0.500. The Morgan fingerprint density at radius 2 is 2.06 bits per heavy atom. The number of oxazole rings is 1. The first-order chi connectivity index (χ1) is 8.65. The molecule has 0 atom stereocenters. The van der Waals surface area contributed by atoms with E-state index in [0.717, 1.165) is 36.8 Å². The normalized spacial score (nSPS) is 19.2. The molecular formula is C14H16ClNO2. The fourth-order valence-corrected chi connectivity index (χ4v) is 2.86. The summed E-state index contributed by atoms with van der Waals surface area (Å²) in [5, 5.41) is 11.1. The Kier molecular flexibility index (Phi) is 3.04. The van der Waals surface area contributed by atoms with Crippen molar-refractivity contribution >= 4 is 22.7 Å². The zero-order valence-corrected chi connectivity index (χ0v) is 10.9. The number of benzene rings is 1. The highest BCUT2D eigenvalue weighted by atomic mass is 35.5. The summed E-state index contributed by atoms with van der Waals surface area (Å²) in [6.07, 6.45) is 5.56. The van der Waals surface area contributed by atoms with Crippen molar-refractivity contribution in [2.24, 2.45) is 0 Å². The molecule has 4 heteroatoms. The van der Waals surface area contributed by atoms with E-state index in [2.05, 4.69) is 4.98 Å². The molecule has 0 unspecified atom stereocenters. The molecule has 1 aliphatic carbocycles. The first kappa shape index (κ1) is 12.0. The smallest absolute Gasteiger partial charge is 0.198 e. The van der Waals surface area contributed by atoms with Crippen LogP contribution in [-0.4, -0.2) is 15.7 Å². The number of aliphatic hydroxyl groups is 1. The third kappa shape index (κ3) is 2.38. The number of hydrogen-bond acceptors (Lipinski definition) is 3. The molecule has 1 heterocycles. The van der Waals surface area contributed by atoms with Crippen LogP contribution in [0.3, 0.4) is 0 Å². The molecule has 1 aliphatic rings. The largest absolute Gasteiger partial charge is 0.441 e. The summed E-state index contributed by atoms with van der Waals surface area (Å²) >= 11 is 5.92. The lowest BCUT2D eigenvalue weighted by Crippen LogP contribution is -2.33. The van der Waals surface area contributed by atoms with Crippen LogP contribution in [0.25, 0.3) is 11.1 Å². The second-order valence-electron chi connectivity index (χ2n) is 5.18. The first-order valence-electron chi connectivity index (χ1n) is 6.42. The van der Waals surface area contributed by atoms with E-state index in [1.165, 1.54) is 6.42 Å². The average molecular weight is 266 g/mol. The summed E-state index contributed by atoms with van der Waals surface area (Å²) in [5.41, 5.74) is 0.855. The molecule has 0 aliphatic heterocycles. The lowest BCUT2D eigenvalue weighted by Gasteiger charge is -2.30. The van der Waals surface area contributed by atoms with Crippen molar-refractivity contribution in [3.63, 3.8) is 0 Å². The third-order valence-electron chi connectivity index (χ3n) is 3.66. The Labute approximate surface area is 111 Å². The Hall–Kier alpha value is -1.06. The topological polar surface area (TPSA) is 46.3 Å². The monoisotopic (exact) mass is 265 g/mol. The summed E-state index contributed by atoms with van der Waals surface area (Å²) in [5.74, 6) is 0.608. The molecule has 1 saturated carbocycles. The Morgan fingerprint density at radius 1 is 1.28 bits per heavy atom. The van der Waals surface area contributed by atoms with Crippen LogP contribution in [-0.2, 0) is 6.42 Å². The molecule has 1 aromatic carbocycles. The molecule has 1 aromatic heterocycles. The fourth-order valence-electron chi connectivity index (χ4n) is 2.69. The zero-order valence-electron chi connectivity index (χ0n) is 10.2. The summed E-state index contributed by atoms with van der Waals surface area (Å²) in [4.78, 5) is 4.40. The highest BCUT2D eigenvalue weighted by Gasteiger charge is 2.31. The number of fused-ring (bicyclic) bond motifs is 1. The molecule has 3 rings (SSSR count). The Bertz CT molecular complexity index is 558. The molecule has 0 spiro atoms. The number of aromatic nitrogens is 1. The molecule has 3 nitrogen and oxygen atoms in total. The molecular weight excluding hydrogens is 250 g/mol. The highest BCUT2D eigenvalue weighted by Crippen LogP contribution is 2.32.